The Hall–Kier alpha value is -0.830. The first-order valence-electron chi connectivity index (χ1n) is 3.81. The van der Waals surface area contributed by atoms with Crippen LogP contribution in [0.3, 0.4) is 0 Å². The van der Waals surface area contributed by atoms with Crippen molar-refractivity contribution in [3.05, 3.63) is 18.4 Å². The zero-order valence-corrected chi connectivity index (χ0v) is 7.66. The number of rotatable bonds is 2. The number of aromatic nitrogens is 1. The lowest BCUT2D eigenvalue weighted by molar-refractivity contribution is 0.396. The average Bonchev–Trinajstić information content (AvgIpc) is 2.43. The summed E-state index contributed by atoms with van der Waals surface area (Å²) in [6.07, 6.45) is 3.10. The Morgan fingerprint density at radius 3 is 2.45 bits per heavy atom. The summed E-state index contributed by atoms with van der Waals surface area (Å²) >= 11 is 0. The van der Waals surface area contributed by atoms with Gasteiger partial charge in [0.2, 0.25) is 0 Å². The molecule has 64 valence electrons. The molecule has 0 unspecified atom stereocenters. The predicted octanol–water partition coefficient (Wildman–Crippen LogP) is 1.76. The minimum absolute atomic E-state index is 0.844. The van der Waals surface area contributed by atoms with Gasteiger partial charge in [-0.25, -0.2) is 4.98 Å². The van der Waals surface area contributed by atoms with Crippen LogP contribution in [0.1, 0.15) is 19.5 Å². The second-order valence-corrected chi connectivity index (χ2v) is 2.22. The van der Waals surface area contributed by atoms with Crippen LogP contribution in [0.5, 0.6) is 0 Å². The first-order chi connectivity index (χ1) is 5.29. The summed E-state index contributed by atoms with van der Waals surface area (Å²) in [6.45, 7) is 4.84. The monoisotopic (exact) mass is 156 g/mol. The molecule has 0 saturated heterocycles. The standard InChI is InChI=1S/C6H10N2O.C2H6/c1-8(2)3-6-4-9-5-7-6;1-2/h4-5H,3H2,1-2H3;1-2H3. The summed E-state index contributed by atoms with van der Waals surface area (Å²) in [5.74, 6) is 0. The molecule has 0 amide bonds. The maximum atomic E-state index is 4.78. The maximum Gasteiger partial charge on any atom is 0.180 e. The lowest BCUT2D eigenvalue weighted by Gasteiger charge is -2.04. The minimum Gasteiger partial charge on any atom is -0.451 e. The van der Waals surface area contributed by atoms with Crippen LogP contribution < -0.4 is 0 Å². The first kappa shape index (κ1) is 10.2. The van der Waals surface area contributed by atoms with E-state index in [1.807, 2.05) is 32.8 Å². The van der Waals surface area contributed by atoms with Crippen LogP contribution in [-0.4, -0.2) is 24.0 Å². The highest BCUT2D eigenvalue weighted by atomic mass is 16.3. The molecule has 0 aliphatic carbocycles. The van der Waals surface area contributed by atoms with E-state index in [1.54, 1.807) is 6.26 Å². The van der Waals surface area contributed by atoms with Crippen LogP contribution in [0.2, 0.25) is 0 Å². The van der Waals surface area contributed by atoms with Crippen LogP contribution in [-0.2, 0) is 6.54 Å². The van der Waals surface area contributed by atoms with E-state index in [0.29, 0.717) is 0 Å². The molecule has 0 atom stereocenters. The van der Waals surface area contributed by atoms with Crippen molar-refractivity contribution in [2.45, 2.75) is 20.4 Å². The van der Waals surface area contributed by atoms with Gasteiger partial charge in [0, 0.05) is 6.54 Å². The van der Waals surface area contributed by atoms with E-state index in [0.717, 1.165) is 12.2 Å². The molecule has 0 N–H and O–H groups in total. The zero-order chi connectivity index (χ0) is 8.69. The van der Waals surface area contributed by atoms with Gasteiger partial charge >= 0.3 is 0 Å². The molecule has 3 heteroatoms. The predicted molar refractivity (Wildman–Crippen MR) is 45.2 cm³/mol. The van der Waals surface area contributed by atoms with Gasteiger partial charge in [0.05, 0.1) is 5.69 Å². The third-order valence-corrected chi connectivity index (χ3v) is 0.962. The largest absolute Gasteiger partial charge is 0.451 e. The number of nitrogens with zero attached hydrogens (tertiary/aromatic N) is 2. The molecule has 1 rings (SSSR count). The Bertz CT molecular complexity index is 159. The van der Waals surface area contributed by atoms with Crippen LogP contribution in [0.15, 0.2) is 17.1 Å². The summed E-state index contributed by atoms with van der Waals surface area (Å²) in [6, 6.07) is 0. The van der Waals surface area contributed by atoms with Gasteiger partial charge in [0.1, 0.15) is 6.26 Å². The second kappa shape index (κ2) is 5.92. The molecule has 0 aliphatic heterocycles. The van der Waals surface area contributed by atoms with E-state index in [-0.39, 0.29) is 0 Å². The van der Waals surface area contributed by atoms with Crippen LogP contribution in [0.25, 0.3) is 0 Å². The average molecular weight is 156 g/mol. The number of hydrogen-bond donors (Lipinski definition) is 0. The van der Waals surface area contributed by atoms with Gasteiger partial charge in [-0.15, -0.1) is 0 Å². The summed E-state index contributed by atoms with van der Waals surface area (Å²) in [4.78, 5) is 5.99. The molecule has 0 spiro atoms. The quantitative estimate of drug-likeness (QED) is 0.653. The fourth-order valence-electron chi connectivity index (χ4n) is 0.640. The van der Waals surface area contributed by atoms with Crippen molar-refractivity contribution in [2.75, 3.05) is 14.1 Å². The van der Waals surface area contributed by atoms with Crippen molar-refractivity contribution in [1.82, 2.24) is 9.88 Å². The smallest absolute Gasteiger partial charge is 0.180 e. The molecule has 0 radical (unpaired) electrons. The molecule has 0 aromatic carbocycles. The molecule has 1 aromatic rings. The minimum atomic E-state index is 0.844. The highest BCUT2D eigenvalue weighted by molar-refractivity contribution is 4.89. The van der Waals surface area contributed by atoms with Crippen molar-refractivity contribution in [3.8, 4) is 0 Å². The summed E-state index contributed by atoms with van der Waals surface area (Å²) in [5, 5.41) is 0. The van der Waals surface area contributed by atoms with Crippen LogP contribution in [0.4, 0.5) is 0 Å². The van der Waals surface area contributed by atoms with Crippen LogP contribution in [0, 0.1) is 0 Å². The summed E-state index contributed by atoms with van der Waals surface area (Å²) in [7, 11) is 3.99. The van der Waals surface area contributed by atoms with E-state index < -0.39 is 0 Å². The molecular formula is C8H16N2O. The van der Waals surface area contributed by atoms with E-state index in [4.69, 9.17) is 4.42 Å². The molecule has 0 bridgehead atoms. The van der Waals surface area contributed by atoms with Crippen molar-refractivity contribution in [3.63, 3.8) is 0 Å². The highest BCUT2D eigenvalue weighted by Crippen LogP contribution is 1.95. The van der Waals surface area contributed by atoms with Gasteiger partial charge in [-0.05, 0) is 14.1 Å². The van der Waals surface area contributed by atoms with Crippen molar-refractivity contribution in [1.29, 1.82) is 0 Å². The molecule has 3 nitrogen and oxygen atoms in total. The zero-order valence-electron chi connectivity index (χ0n) is 7.66. The molecular weight excluding hydrogens is 140 g/mol. The maximum absolute atomic E-state index is 4.78. The number of hydrogen-bond acceptors (Lipinski definition) is 3. The highest BCUT2D eigenvalue weighted by Gasteiger charge is 1.95. The Kier molecular flexibility index (Phi) is 5.47. The van der Waals surface area contributed by atoms with Gasteiger partial charge in [-0.2, -0.15) is 0 Å². The van der Waals surface area contributed by atoms with Crippen LogP contribution >= 0.6 is 0 Å². The summed E-state index contributed by atoms with van der Waals surface area (Å²) < 4.78 is 4.78. The van der Waals surface area contributed by atoms with Crippen molar-refractivity contribution >= 4 is 0 Å². The fraction of sp³-hybridized carbons (Fsp3) is 0.625. The van der Waals surface area contributed by atoms with Gasteiger partial charge in [0.15, 0.2) is 6.39 Å². The Balaban J connectivity index is 0.000000461. The SMILES string of the molecule is CC.CN(C)Cc1cocn1. The summed E-state index contributed by atoms with van der Waals surface area (Å²) in [5.41, 5.74) is 0.972. The van der Waals surface area contributed by atoms with E-state index in [1.165, 1.54) is 6.39 Å². The van der Waals surface area contributed by atoms with E-state index in [9.17, 15) is 0 Å². The Labute approximate surface area is 68.0 Å². The van der Waals surface area contributed by atoms with Crippen molar-refractivity contribution < 1.29 is 4.42 Å². The van der Waals surface area contributed by atoms with Crippen molar-refractivity contribution in [2.24, 2.45) is 0 Å². The fourth-order valence-corrected chi connectivity index (χ4v) is 0.640. The van der Waals surface area contributed by atoms with Gasteiger partial charge < -0.3 is 9.32 Å². The second-order valence-electron chi connectivity index (χ2n) is 2.22. The molecule has 1 heterocycles. The van der Waals surface area contributed by atoms with E-state index in [2.05, 4.69) is 4.98 Å². The van der Waals surface area contributed by atoms with E-state index >= 15 is 0 Å². The molecule has 0 saturated carbocycles. The Morgan fingerprint density at radius 1 is 1.45 bits per heavy atom. The topological polar surface area (TPSA) is 29.3 Å². The third-order valence-electron chi connectivity index (χ3n) is 0.962. The lowest BCUT2D eigenvalue weighted by Crippen LogP contribution is -2.10. The molecule has 1 aromatic heterocycles. The lowest BCUT2D eigenvalue weighted by atomic mass is 10.5. The third kappa shape index (κ3) is 4.56. The van der Waals surface area contributed by atoms with Gasteiger partial charge in [0.25, 0.3) is 0 Å². The van der Waals surface area contributed by atoms with Gasteiger partial charge in [-0.1, -0.05) is 13.8 Å². The normalized spacial score (nSPS) is 9.18. The van der Waals surface area contributed by atoms with Gasteiger partial charge in [-0.3, -0.25) is 0 Å². The first-order valence-corrected chi connectivity index (χ1v) is 3.81. The number of oxazole rings is 1. The Morgan fingerprint density at radius 2 is 2.09 bits per heavy atom. The molecule has 11 heavy (non-hydrogen) atoms. The molecule has 0 fully saturated rings. The molecule has 0 aliphatic rings.